The Labute approximate surface area is 151 Å². The maximum absolute atomic E-state index is 12.0. The first-order chi connectivity index (χ1) is 12.6. The molecule has 0 atom stereocenters. The van der Waals surface area contributed by atoms with Crippen molar-refractivity contribution in [3.05, 3.63) is 69.8 Å². The van der Waals surface area contributed by atoms with Gasteiger partial charge in [-0.15, -0.1) is 0 Å². The molecule has 0 aromatic heterocycles. The summed E-state index contributed by atoms with van der Waals surface area (Å²) < 4.78 is 0. The number of nitro groups is 1. The Morgan fingerprint density at radius 2 is 1.69 bits per heavy atom. The number of amides is 1. The summed E-state index contributed by atoms with van der Waals surface area (Å²) in [7, 11) is 0. The van der Waals surface area contributed by atoms with Crippen molar-refractivity contribution < 1.29 is 9.72 Å². The molecular weight excluding hydrogens is 332 g/mol. The zero-order valence-corrected chi connectivity index (χ0v) is 14.3. The predicted molar refractivity (Wildman–Crippen MR) is 101 cm³/mol. The highest BCUT2D eigenvalue weighted by Crippen LogP contribution is 2.19. The molecule has 1 fully saturated rings. The number of nitrogens with one attached hydrogen (secondary N) is 1. The second-order valence-electron chi connectivity index (χ2n) is 6.14. The fraction of sp³-hybridized carbons (Fsp3) is 0.263. The number of carbonyl (C=O) groups excluding carboxylic acids is 1. The van der Waals surface area contributed by atoms with Crippen molar-refractivity contribution >= 4 is 23.5 Å². The van der Waals surface area contributed by atoms with E-state index in [0.29, 0.717) is 5.56 Å². The summed E-state index contributed by atoms with van der Waals surface area (Å²) in [5, 5.41) is 14.6. The van der Waals surface area contributed by atoms with Gasteiger partial charge in [-0.1, -0.05) is 12.1 Å². The SMILES string of the molecule is O=C(N/N=C\c1ccc(N2CCCCC2)cc1)c1ccc([N+](=O)[O-])cc1. The molecule has 134 valence electrons. The van der Waals surface area contributed by atoms with Crippen LogP contribution in [-0.2, 0) is 0 Å². The predicted octanol–water partition coefficient (Wildman–Crippen LogP) is 3.35. The smallest absolute Gasteiger partial charge is 0.271 e. The van der Waals surface area contributed by atoms with Crippen molar-refractivity contribution in [2.45, 2.75) is 19.3 Å². The monoisotopic (exact) mass is 352 g/mol. The number of anilines is 1. The molecule has 26 heavy (non-hydrogen) atoms. The van der Waals surface area contributed by atoms with Gasteiger partial charge in [-0.2, -0.15) is 5.10 Å². The van der Waals surface area contributed by atoms with E-state index in [1.807, 2.05) is 12.1 Å². The molecule has 0 aliphatic carbocycles. The third kappa shape index (κ3) is 4.44. The van der Waals surface area contributed by atoms with Gasteiger partial charge < -0.3 is 4.90 Å². The summed E-state index contributed by atoms with van der Waals surface area (Å²) in [6, 6.07) is 13.4. The standard InChI is InChI=1S/C19H20N4O3/c24-19(16-6-10-18(11-7-16)23(25)26)21-20-14-15-4-8-17(9-5-15)22-12-2-1-3-13-22/h4-11,14H,1-3,12-13H2,(H,21,24)/b20-14-. The minimum Gasteiger partial charge on any atom is -0.372 e. The van der Waals surface area contributed by atoms with Crippen LogP contribution >= 0.6 is 0 Å². The topological polar surface area (TPSA) is 87.8 Å². The lowest BCUT2D eigenvalue weighted by molar-refractivity contribution is -0.384. The molecule has 2 aromatic carbocycles. The highest BCUT2D eigenvalue weighted by molar-refractivity contribution is 5.95. The molecule has 1 aliphatic rings. The van der Waals surface area contributed by atoms with E-state index in [0.717, 1.165) is 18.7 Å². The first kappa shape index (κ1) is 17.6. The van der Waals surface area contributed by atoms with E-state index in [2.05, 4.69) is 27.6 Å². The average molecular weight is 352 g/mol. The maximum Gasteiger partial charge on any atom is 0.271 e. The highest BCUT2D eigenvalue weighted by atomic mass is 16.6. The summed E-state index contributed by atoms with van der Waals surface area (Å²) in [6.07, 6.45) is 5.34. The number of nitro benzene ring substituents is 1. The number of non-ortho nitro benzene ring substituents is 1. The summed E-state index contributed by atoms with van der Waals surface area (Å²) in [4.78, 5) is 24.5. The Hall–Kier alpha value is -3.22. The Morgan fingerprint density at radius 3 is 2.31 bits per heavy atom. The van der Waals surface area contributed by atoms with E-state index in [9.17, 15) is 14.9 Å². The molecule has 7 heteroatoms. The van der Waals surface area contributed by atoms with Crippen LogP contribution in [0, 0.1) is 10.1 Å². The largest absolute Gasteiger partial charge is 0.372 e. The molecule has 0 unspecified atom stereocenters. The third-order valence-corrected chi connectivity index (χ3v) is 4.33. The number of hydrogen-bond donors (Lipinski definition) is 1. The van der Waals surface area contributed by atoms with Gasteiger partial charge in [0.1, 0.15) is 0 Å². The third-order valence-electron chi connectivity index (χ3n) is 4.33. The second kappa shape index (κ2) is 8.24. The van der Waals surface area contributed by atoms with E-state index in [-0.39, 0.29) is 5.69 Å². The van der Waals surface area contributed by atoms with Gasteiger partial charge in [-0.25, -0.2) is 5.43 Å². The number of hydrogen-bond acceptors (Lipinski definition) is 5. The normalized spacial score (nSPS) is 14.4. The zero-order valence-electron chi connectivity index (χ0n) is 14.3. The molecule has 1 amide bonds. The molecule has 1 saturated heterocycles. The van der Waals surface area contributed by atoms with Gasteiger partial charge in [0.15, 0.2) is 0 Å². The van der Waals surface area contributed by atoms with Crippen molar-refractivity contribution in [1.82, 2.24) is 5.43 Å². The van der Waals surface area contributed by atoms with Gasteiger partial charge >= 0.3 is 0 Å². The number of benzene rings is 2. The van der Waals surface area contributed by atoms with Crippen molar-refractivity contribution in [3.8, 4) is 0 Å². The average Bonchev–Trinajstić information content (AvgIpc) is 2.69. The Balaban J connectivity index is 1.55. The van der Waals surface area contributed by atoms with Gasteiger partial charge in [0.25, 0.3) is 11.6 Å². The van der Waals surface area contributed by atoms with E-state index >= 15 is 0 Å². The van der Waals surface area contributed by atoms with Crippen LogP contribution in [0.5, 0.6) is 0 Å². The van der Waals surface area contributed by atoms with Crippen LogP contribution in [-0.4, -0.2) is 30.1 Å². The molecule has 0 spiro atoms. The van der Waals surface area contributed by atoms with E-state index in [1.54, 1.807) is 6.21 Å². The zero-order chi connectivity index (χ0) is 18.4. The van der Waals surface area contributed by atoms with E-state index < -0.39 is 10.8 Å². The molecule has 1 N–H and O–H groups in total. The Kier molecular flexibility index (Phi) is 5.58. The highest BCUT2D eigenvalue weighted by Gasteiger charge is 2.10. The lowest BCUT2D eigenvalue weighted by atomic mass is 10.1. The summed E-state index contributed by atoms with van der Waals surface area (Å²) >= 11 is 0. The lowest BCUT2D eigenvalue weighted by Gasteiger charge is -2.28. The van der Waals surface area contributed by atoms with Crippen molar-refractivity contribution in [2.24, 2.45) is 5.10 Å². The molecule has 3 rings (SSSR count). The van der Waals surface area contributed by atoms with Crippen LogP contribution < -0.4 is 10.3 Å². The number of carbonyl (C=O) groups is 1. The molecule has 1 heterocycles. The minimum atomic E-state index is -0.507. The van der Waals surface area contributed by atoms with Crippen LogP contribution in [0.15, 0.2) is 53.6 Å². The van der Waals surface area contributed by atoms with Gasteiger partial charge in [0.2, 0.25) is 0 Å². The summed E-state index contributed by atoms with van der Waals surface area (Å²) in [5.41, 5.74) is 4.77. The lowest BCUT2D eigenvalue weighted by Crippen LogP contribution is -2.29. The second-order valence-corrected chi connectivity index (χ2v) is 6.14. The number of rotatable bonds is 5. The molecule has 1 aliphatic heterocycles. The molecule has 7 nitrogen and oxygen atoms in total. The van der Waals surface area contributed by atoms with Gasteiger partial charge in [-0.05, 0) is 49.1 Å². The molecule has 2 aromatic rings. The van der Waals surface area contributed by atoms with E-state index in [1.165, 1.54) is 49.2 Å². The molecule has 0 bridgehead atoms. The first-order valence-corrected chi connectivity index (χ1v) is 8.56. The number of hydrazone groups is 1. The summed E-state index contributed by atoms with van der Waals surface area (Å²) in [5.74, 6) is -0.416. The maximum atomic E-state index is 12.0. The van der Waals surface area contributed by atoms with Crippen LogP contribution in [0.4, 0.5) is 11.4 Å². The van der Waals surface area contributed by atoms with Crippen LogP contribution in [0.25, 0.3) is 0 Å². The number of nitrogens with zero attached hydrogens (tertiary/aromatic N) is 3. The van der Waals surface area contributed by atoms with Gasteiger partial charge in [-0.3, -0.25) is 14.9 Å². The van der Waals surface area contributed by atoms with Gasteiger partial charge in [0.05, 0.1) is 11.1 Å². The van der Waals surface area contributed by atoms with Crippen LogP contribution in [0.2, 0.25) is 0 Å². The van der Waals surface area contributed by atoms with Crippen LogP contribution in [0.1, 0.15) is 35.2 Å². The van der Waals surface area contributed by atoms with Crippen molar-refractivity contribution in [2.75, 3.05) is 18.0 Å². The van der Waals surface area contributed by atoms with Crippen LogP contribution in [0.3, 0.4) is 0 Å². The molecule has 0 saturated carbocycles. The fourth-order valence-electron chi connectivity index (χ4n) is 2.89. The van der Waals surface area contributed by atoms with Crippen molar-refractivity contribution in [3.63, 3.8) is 0 Å². The quantitative estimate of drug-likeness (QED) is 0.508. The Bertz CT molecular complexity index is 795. The Morgan fingerprint density at radius 1 is 1.04 bits per heavy atom. The van der Waals surface area contributed by atoms with E-state index in [4.69, 9.17) is 0 Å². The van der Waals surface area contributed by atoms with Crippen molar-refractivity contribution in [1.29, 1.82) is 0 Å². The van der Waals surface area contributed by atoms with Gasteiger partial charge in [0, 0.05) is 36.5 Å². The fourth-order valence-corrected chi connectivity index (χ4v) is 2.89. The minimum absolute atomic E-state index is 0.0566. The number of piperidine rings is 1. The molecule has 0 radical (unpaired) electrons. The molecular formula is C19H20N4O3. The summed E-state index contributed by atoms with van der Waals surface area (Å²) in [6.45, 7) is 2.19. The first-order valence-electron chi connectivity index (χ1n) is 8.56.